The van der Waals surface area contributed by atoms with Crippen LogP contribution >= 0.6 is 22.6 Å². The van der Waals surface area contributed by atoms with Crippen molar-refractivity contribution in [1.29, 1.82) is 0 Å². The molecule has 2 rings (SSSR count). The summed E-state index contributed by atoms with van der Waals surface area (Å²) in [6, 6.07) is 6.87. The van der Waals surface area contributed by atoms with E-state index < -0.39 is 0 Å². The van der Waals surface area contributed by atoms with Gasteiger partial charge in [0, 0.05) is 4.43 Å². The maximum absolute atomic E-state index is 2.52. The topological polar surface area (TPSA) is 0 Å². The summed E-state index contributed by atoms with van der Waals surface area (Å²) < 4.78 is 1.27. The van der Waals surface area contributed by atoms with Crippen molar-refractivity contribution in [2.24, 2.45) is 0 Å². The van der Waals surface area contributed by atoms with Gasteiger partial charge in [-0.3, -0.25) is 0 Å². The molecule has 0 bridgehead atoms. The maximum atomic E-state index is 2.52. The molecule has 0 radical (unpaired) electrons. The van der Waals surface area contributed by atoms with Crippen molar-refractivity contribution in [2.45, 2.75) is 38.5 Å². The smallest absolute Gasteiger partial charge is 0.00644 e. The highest BCUT2D eigenvalue weighted by molar-refractivity contribution is 14.1. The SMILES string of the molecule is CC(C)c1cccc2c1CCC2CI. The van der Waals surface area contributed by atoms with Gasteiger partial charge in [-0.25, -0.2) is 0 Å². The van der Waals surface area contributed by atoms with E-state index >= 15 is 0 Å². The van der Waals surface area contributed by atoms with Gasteiger partial charge in [-0.15, -0.1) is 0 Å². The second-order valence-electron chi connectivity index (χ2n) is 4.46. The minimum Gasteiger partial charge on any atom is -0.0857 e. The van der Waals surface area contributed by atoms with E-state index in [1.807, 2.05) is 0 Å². The number of fused-ring (bicyclic) bond motifs is 1. The van der Waals surface area contributed by atoms with E-state index in [1.165, 1.54) is 17.3 Å². The number of benzene rings is 1. The predicted octanol–water partition coefficient (Wildman–Crippen LogP) is 4.27. The average molecular weight is 300 g/mol. The Bertz CT molecular complexity index is 328. The number of rotatable bonds is 2. The summed E-state index contributed by atoms with van der Waals surface area (Å²) >= 11 is 2.52. The van der Waals surface area contributed by atoms with Crippen molar-refractivity contribution in [1.82, 2.24) is 0 Å². The van der Waals surface area contributed by atoms with Gasteiger partial charge in [0.1, 0.15) is 0 Å². The quantitative estimate of drug-likeness (QED) is 0.565. The third-order valence-electron chi connectivity index (χ3n) is 3.24. The van der Waals surface area contributed by atoms with Crippen LogP contribution in [-0.2, 0) is 6.42 Å². The second kappa shape index (κ2) is 4.21. The zero-order chi connectivity index (χ0) is 10.1. The van der Waals surface area contributed by atoms with Crippen molar-refractivity contribution >= 4 is 22.6 Å². The molecule has 1 aromatic carbocycles. The van der Waals surface area contributed by atoms with Crippen LogP contribution in [0.2, 0.25) is 0 Å². The number of hydrogen-bond acceptors (Lipinski definition) is 0. The molecule has 1 aliphatic rings. The first-order chi connectivity index (χ1) is 6.74. The van der Waals surface area contributed by atoms with Gasteiger partial charge in [0.15, 0.2) is 0 Å². The van der Waals surface area contributed by atoms with Gasteiger partial charge in [-0.1, -0.05) is 54.6 Å². The molecule has 1 atom stereocenters. The van der Waals surface area contributed by atoms with Gasteiger partial charge >= 0.3 is 0 Å². The number of alkyl halides is 1. The molecule has 1 aromatic rings. The molecule has 0 aromatic heterocycles. The highest BCUT2D eigenvalue weighted by Gasteiger charge is 2.23. The fraction of sp³-hybridized carbons (Fsp3) is 0.538. The van der Waals surface area contributed by atoms with E-state index in [4.69, 9.17) is 0 Å². The molecule has 1 heteroatoms. The summed E-state index contributed by atoms with van der Waals surface area (Å²) in [6.07, 6.45) is 2.67. The monoisotopic (exact) mass is 300 g/mol. The highest BCUT2D eigenvalue weighted by Crippen LogP contribution is 2.38. The van der Waals surface area contributed by atoms with E-state index in [1.54, 1.807) is 16.7 Å². The van der Waals surface area contributed by atoms with Crippen molar-refractivity contribution in [2.75, 3.05) is 4.43 Å². The van der Waals surface area contributed by atoms with Crippen LogP contribution in [0.1, 0.15) is 48.8 Å². The van der Waals surface area contributed by atoms with E-state index in [0.29, 0.717) is 5.92 Å². The molecular formula is C13H17I. The van der Waals surface area contributed by atoms with Gasteiger partial charge in [0.05, 0.1) is 0 Å². The Kier molecular flexibility index (Phi) is 3.15. The van der Waals surface area contributed by atoms with Crippen LogP contribution in [0, 0.1) is 0 Å². The van der Waals surface area contributed by atoms with Crippen LogP contribution in [-0.4, -0.2) is 4.43 Å². The second-order valence-corrected chi connectivity index (χ2v) is 5.34. The van der Waals surface area contributed by atoms with E-state index in [2.05, 4.69) is 54.6 Å². The van der Waals surface area contributed by atoms with E-state index in [0.717, 1.165) is 5.92 Å². The van der Waals surface area contributed by atoms with Crippen molar-refractivity contribution in [3.05, 3.63) is 34.9 Å². The summed E-state index contributed by atoms with van der Waals surface area (Å²) in [5, 5.41) is 0. The minimum absolute atomic E-state index is 0.679. The molecule has 0 heterocycles. The van der Waals surface area contributed by atoms with Gasteiger partial charge < -0.3 is 0 Å². The van der Waals surface area contributed by atoms with Crippen LogP contribution < -0.4 is 0 Å². The lowest BCUT2D eigenvalue weighted by atomic mass is 9.93. The van der Waals surface area contributed by atoms with Crippen LogP contribution in [0.3, 0.4) is 0 Å². The normalized spacial score (nSPS) is 20.1. The summed E-state index contributed by atoms with van der Waals surface area (Å²) in [6.45, 7) is 4.60. The summed E-state index contributed by atoms with van der Waals surface area (Å²) in [7, 11) is 0. The molecule has 0 spiro atoms. The lowest BCUT2D eigenvalue weighted by Crippen LogP contribution is -1.97. The van der Waals surface area contributed by atoms with Crippen molar-refractivity contribution in [3.63, 3.8) is 0 Å². The van der Waals surface area contributed by atoms with Crippen LogP contribution in [0.5, 0.6) is 0 Å². The number of hydrogen-bond donors (Lipinski definition) is 0. The lowest BCUT2D eigenvalue weighted by molar-refractivity contribution is 0.764. The first-order valence-electron chi connectivity index (χ1n) is 5.41. The highest BCUT2D eigenvalue weighted by atomic mass is 127. The molecular weight excluding hydrogens is 283 g/mol. The Hall–Kier alpha value is -0.0500. The third kappa shape index (κ3) is 1.71. The largest absolute Gasteiger partial charge is 0.0857 e. The predicted molar refractivity (Wildman–Crippen MR) is 70.5 cm³/mol. The Labute approximate surface area is 100 Å². The minimum atomic E-state index is 0.679. The Balaban J connectivity index is 2.44. The fourth-order valence-electron chi connectivity index (χ4n) is 2.47. The molecule has 0 nitrogen and oxygen atoms in total. The fourth-order valence-corrected chi connectivity index (χ4v) is 3.38. The Morgan fingerprint density at radius 2 is 2.21 bits per heavy atom. The molecule has 0 amide bonds. The molecule has 0 N–H and O–H groups in total. The Morgan fingerprint density at radius 3 is 2.86 bits per heavy atom. The molecule has 0 aliphatic heterocycles. The van der Waals surface area contributed by atoms with Gasteiger partial charge in [0.25, 0.3) is 0 Å². The molecule has 76 valence electrons. The van der Waals surface area contributed by atoms with Crippen molar-refractivity contribution in [3.8, 4) is 0 Å². The zero-order valence-corrected chi connectivity index (χ0v) is 11.0. The van der Waals surface area contributed by atoms with Gasteiger partial charge in [-0.2, -0.15) is 0 Å². The molecule has 14 heavy (non-hydrogen) atoms. The van der Waals surface area contributed by atoms with Gasteiger partial charge in [0.2, 0.25) is 0 Å². The van der Waals surface area contributed by atoms with E-state index in [9.17, 15) is 0 Å². The van der Waals surface area contributed by atoms with Crippen LogP contribution in [0.25, 0.3) is 0 Å². The molecule has 1 unspecified atom stereocenters. The summed E-state index contributed by atoms with van der Waals surface area (Å²) in [5.41, 5.74) is 4.87. The Morgan fingerprint density at radius 1 is 1.43 bits per heavy atom. The van der Waals surface area contributed by atoms with Crippen LogP contribution in [0.4, 0.5) is 0 Å². The molecule has 0 saturated heterocycles. The number of halogens is 1. The third-order valence-corrected chi connectivity index (χ3v) is 4.30. The standard InChI is InChI=1S/C13H17I/c1-9(2)11-4-3-5-12-10(8-14)6-7-13(11)12/h3-5,9-10H,6-8H2,1-2H3. The first-order valence-corrected chi connectivity index (χ1v) is 6.94. The zero-order valence-electron chi connectivity index (χ0n) is 8.89. The molecule has 0 saturated carbocycles. The molecule has 1 aliphatic carbocycles. The van der Waals surface area contributed by atoms with Crippen LogP contribution in [0.15, 0.2) is 18.2 Å². The first kappa shape index (κ1) is 10.5. The van der Waals surface area contributed by atoms with Gasteiger partial charge in [-0.05, 0) is 41.4 Å². The average Bonchev–Trinajstić information content (AvgIpc) is 2.59. The summed E-state index contributed by atoms with van der Waals surface area (Å²) in [5.74, 6) is 1.50. The molecule has 0 fully saturated rings. The van der Waals surface area contributed by atoms with Crippen molar-refractivity contribution < 1.29 is 0 Å². The van der Waals surface area contributed by atoms with E-state index in [-0.39, 0.29) is 0 Å². The lowest BCUT2D eigenvalue weighted by Gasteiger charge is -2.13. The summed E-state index contributed by atoms with van der Waals surface area (Å²) in [4.78, 5) is 0. The maximum Gasteiger partial charge on any atom is 0.00644 e.